The molecule has 0 amide bonds. The fourth-order valence-electron chi connectivity index (χ4n) is 3.48. The van der Waals surface area contributed by atoms with Crippen molar-refractivity contribution in [3.05, 3.63) is 34.9 Å². The third kappa shape index (κ3) is 3.92. The standard InChI is InChI=1S/C18H26N2O/c21-18(6-3-14-7-10-19-11-8-14)16-4-5-17-13-20-9-1-2-15(17)12-16/h4-5,12,14,19-20H,1-3,6-11,13H2. The van der Waals surface area contributed by atoms with E-state index in [0.29, 0.717) is 12.2 Å². The van der Waals surface area contributed by atoms with Gasteiger partial charge in [0.25, 0.3) is 0 Å². The molecule has 0 unspecified atom stereocenters. The first-order chi connectivity index (χ1) is 10.3. The molecule has 2 heterocycles. The van der Waals surface area contributed by atoms with Crippen LogP contribution in [0.2, 0.25) is 0 Å². The minimum absolute atomic E-state index is 0.327. The fourth-order valence-corrected chi connectivity index (χ4v) is 3.48. The van der Waals surface area contributed by atoms with E-state index in [9.17, 15) is 4.79 Å². The van der Waals surface area contributed by atoms with Gasteiger partial charge in [0.1, 0.15) is 0 Å². The molecule has 3 heteroatoms. The Hall–Kier alpha value is -1.19. The van der Waals surface area contributed by atoms with Gasteiger partial charge in [0, 0.05) is 18.5 Å². The Labute approximate surface area is 127 Å². The van der Waals surface area contributed by atoms with Gasteiger partial charge in [0.05, 0.1) is 0 Å². The first-order valence-electron chi connectivity index (χ1n) is 8.39. The van der Waals surface area contributed by atoms with Gasteiger partial charge in [0.15, 0.2) is 5.78 Å². The summed E-state index contributed by atoms with van der Waals surface area (Å²) in [7, 11) is 0. The van der Waals surface area contributed by atoms with E-state index in [-0.39, 0.29) is 0 Å². The molecule has 0 atom stereocenters. The molecule has 0 aliphatic carbocycles. The first kappa shape index (κ1) is 14.7. The van der Waals surface area contributed by atoms with Gasteiger partial charge in [-0.25, -0.2) is 0 Å². The molecule has 21 heavy (non-hydrogen) atoms. The second-order valence-corrected chi connectivity index (χ2v) is 6.42. The van der Waals surface area contributed by atoms with Gasteiger partial charge in [0.2, 0.25) is 0 Å². The van der Waals surface area contributed by atoms with Crippen LogP contribution >= 0.6 is 0 Å². The predicted octanol–water partition coefficient (Wildman–Crippen LogP) is 2.68. The number of ketones is 1. The van der Waals surface area contributed by atoms with Crippen molar-refractivity contribution in [2.45, 2.75) is 45.1 Å². The average molecular weight is 286 g/mol. The quantitative estimate of drug-likeness (QED) is 0.836. The Morgan fingerprint density at radius 3 is 2.81 bits per heavy atom. The summed E-state index contributed by atoms with van der Waals surface area (Å²) in [5.74, 6) is 1.06. The highest BCUT2D eigenvalue weighted by Gasteiger charge is 2.16. The zero-order chi connectivity index (χ0) is 14.5. The van der Waals surface area contributed by atoms with Gasteiger partial charge in [-0.05, 0) is 74.8 Å². The van der Waals surface area contributed by atoms with E-state index in [0.717, 1.165) is 50.5 Å². The maximum Gasteiger partial charge on any atom is 0.162 e. The van der Waals surface area contributed by atoms with Gasteiger partial charge in [-0.2, -0.15) is 0 Å². The SMILES string of the molecule is O=C(CCC1CCNCC1)c1ccc2c(c1)CCCNC2. The van der Waals surface area contributed by atoms with Crippen LogP contribution in [0.15, 0.2) is 18.2 Å². The Morgan fingerprint density at radius 1 is 1.10 bits per heavy atom. The molecule has 3 nitrogen and oxygen atoms in total. The third-order valence-electron chi connectivity index (χ3n) is 4.88. The Kier molecular flexibility index (Phi) is 5.04. The second-order valence-electron chi connectivity index (χ2n) is 6.42. The fraction of sp³-hybridized carbons (Fsp3) is 0.611. The van der Waals surface area contributed by atoms with Crippen molar-refractivity contribution in [3.63, 3.8) is 0 Å². The summed E-state index contributed by atoms with van der Waals surface area (Å²) in [5.41, 5.74) is 3.65. The summed E-state index contributed by atoms with van der Waals surface area (Å²) in [5, 5.41) is 6.81. The molecule has 0 bridgehead atoms. The van der Waals surface area contributed by atoms with Crippen molar-refractivity contribution in [3.8, 4) is 0 Å². The van der Waals surface area contributed by atoms with E-state index in [1.807, 2.05) is 6.07 Å². The number of carbonyl (C=O) groups excluding carboxylic acids is 1. The highest BCUT2D eigenvalue weighted by molar-refractivity contribution is 5.96. The number of piperidine rings is 1. The summed E-state index contributed by atoms with van der Waals surface area (Å²) in [6.45, 7) is 4.25. The lowest BCUT2D eigenvalue weighted by atomic mass is 9.90. The smallest absolute Gasteiger partial charge is 0.162 e. The number of Topliss-reactive ketones (excluding diaryl/α,β-unsaturated/α-hetero) is 1. The topological polar surface area (TPSA) is 41.1 Å². The molecule has 114 valence electrons. The highest BCUT2D eigenvalue weighted by atomic mass is 16.1. The second kappa shape index (κ2) is 7.19. The van der Waals surface area contributed by atoms with Crippen LogP contribution in [-0.4, -0.2) is 25.4 Å². The number of fused-ring (bicyclic) bond motifs is 1. The number of aryl methyl sites for hydroxylation is 1. The Bertz CT molecular complexity index is 492. The molecule has 0 radical (unpaired) electrons. The van der Waals surface area contributed by atoms with Crippen LogP contribution in [-0.2, 0) is 13.0 Å². The van der Waals surface area contributed by atoms with Gasteiger partial charge >= 0.3 is 0 Å². The minimum atomic E-state index is 0.327. The van der Waals surface area contributed by atoms with Crippen molar-refractivity contribution in [1.82, 2.24) is 10.6 Å². The molecule has 0 saturated carbocycles. The molecule has 1 aromatic carbocycles. The lowest BCUT2D eigenvalue weighted by Crippen LogP contribution is -2.28. The molecule has 0 spiro atoms. The number of benzene rings is 1. The first-order valence-corrected chi connectivity index (χ1v) is 8.39. The number of hydrogen-bond donors (Lipinski definition) is 2. The van der Waals surface area contributed by atoms with Crippen molar-refractivity contribution in [2.24, 2.45) is 5.92 Å². The molecule has 0 aromatic heterocycles. The van der Waals surface area contributed by atoms with Crippen molar-refractivity contribution >= 4 is 5.78 Å². The van der Waals surface area contributed by atoms with Crippen molar-refractivity contribution < 1.29 is 4.79 Å². The molecule has 1 saturated heterocycles. The number of nitrogens with one attached hydrogen (secondary N) is 2. The summed E-state index contributed by atoms with van der Waals surface area (Å²) >= 11 is 0. The van der Waals surface area contributed by atoms with E-state index in [2.05, 4.69) is 22.8 Å². The van der Waals surface area contributed by atoms with Crippen LogP contribution in [0.1, 0.15) is 53.6 Å². The minimum Gasteiger partial charge on any atom is -0.317 e. The normalized spacial score (nSPS) is 19.8. The molecular weight excluding hydrogens is 260 g/mol. The summed E-state index contributed by atoms with van der Waals surface area (Å²) in [6, 6.07) is 6.31. The van der Waals surface area contributed by atoms with Crippen LogP contribution in [0.5, 0.6) is 0 Å². The van der Waals surface area contributed by atoms with Crippen LogP contribution in [0.4, 0.5) is 0 Å². The van der Waals surface area contributed by atoms with Gasteiger partial charge in [-0.3, -0.25) is 4.79 Å². The monoisotopic (exact) mass is 286 g/mol. The van der Waals surface area contributed by atoms with Crippen LogP contribution in [0.3, 0.4) is 0 Å². The molecule has 1 fully saturated rings. The zero-order valence-corrected chi connectivity index (χ0v) is 12.8. The summed E-state index contributed by atoms with van der Waals surface area (Å²) in [4.78, 5) is 12.4. The number of hydrogen-bond acceptors (Lipinski definition) is 3. The number of carbonyl (C=O) groups is 1. The maximum atomic E-state index is 12.4. The van der Waals surface area contributed by atoms with Crippen molar-refractivity contribution in [1.29, 1.82) is 0 Å². The maximum absolute atomic E-state index is 12.4. The zero-order valence-electron chi connectivity index (χ0n) is 12.8. The van der Waals surface area contributed by atoms with E-state index < -0.39 is 0 Å². The third-order valence-corrected chi connectivity index (χ3v) is 4.88. The van der Waals surface area contributed by atoms with E-state index in [1.54, 1.807) is 0 Å². The highest BCUT2D eigenvalue weighted by Crippen LogP contribution is 2.21. The Morgan fingerprint density at radius 2 is 1.95 bits per heavy atom. The van der Waals surface area contributed by atoms with E-state index in [4.69, 9.17) is 0 Å². The van der Waals surface area contributed by atoms with Crippen LogP contribution < -0.4 is 10.6 Å². The predicted molar refractivity (Wildman–Crippen MR) is 85.6 cm³/mol. The summed E-state index contributed by atoms with van der Waals surface area (Å²) in [6.07, 6.45) is 6.48. The molecule has 3 rings (SSSR count). The molecular formula is C18H26N2O. The average Bonchev–Trinajstić information content (AvgIpc) is 2.78. The molecule has 1 aromatic rings. The van der Waals surface area contributed by atoms with Crippen LogP contribution in [0, 0.1) is 5.92 Å². The van der Waals surface area contributed by atoms with Gasteiger partial charge in [-0.15, -0.1) is 0 Å². The molecule has 2 aliphatic heterocycles. The molecule has 2 aliphatic rings. The number of rotatable bonds is 4. The lowest BCUT2D eigenvalue weighted by Gasteiger charge is -2.22. The van der Waals surface area contributed by atoms with Crippen LogP contribution in [0.25, 0.3) is 0 Å². The van der Waals surface area contributed by atoms with Crippen molar-refractivity contribution in [2.75, 3.05) is 19.6 Å². The summed E-state index contributed by atoms with van der Waals surface area (Å²) < 4.78 is 0. The van der Waals surface area contributed by atoms with Gasteiger partial charge in [-0.1, -0.05) is 12.1 Å². The Balaban J connectivity index is 1.60. The van der Waals surface area contributed by atoms with E-state index >= 15 is 0 Å². The molecule has 2 N–H and O–H groups in total. The largest absolute Gasteiger partial charge is 0.317 e. The lowest BCUT2D eigenvalue weighted by molar-refractivity contribution is 0.0970. The van der Waals surface area contributed by atoms with E-state index in [1.165, 1.54) is 30.4 Å². The van der Waals surface area contributed by atoms with Gasteiger partial charge < -0.3 is 10.6 Å².